The maximum Gasteiger partial charge on any atom is 0.309 e. The Hall–Kier alpha value is -2.27. The van der Waals surface area contributed by atoms with Crippen LogP contribution in [0.15, 0.2) is 54.6 Å². The van der Waals surface area contributed by atoms with Crippen LogP contribution in [0.5, 0.6) is 0 Å². The first kappa shape index (κ1) is 18.1. The van der Waals surface area contributed by atoms with Gasteiger partial charge in [0.05, 0.1) is 19.4 Å². The molecule has 24 heavy (non-hydrogen) atoms. The number of ether oxygens (including phenoxy) is 1. The Morgan fingerprint density at radius 2 is 1.71 bits per heavy atom. The fourth-order valence-corrected chi connectivity index (χ4v) is 2.62. The second-order valence-corrected chi connectivity index (χ2v) is 5.87. The molecule has 1 unspecified atom stereocenters. The van der Waals surface area contributed by atoms with Crippen molar-refractivity contribution < 1.29 is 14.3 Å². The van der Waals surface area contributed by atoms with Gasteiger partial charge in [0.2, 0.25) is 5.91 Å². The van der Waals surface area contributed by atoms with Crippen molar-refractivity contribution in [3.05, 3.63) is 65.7 Å². The quantitative estimate of drug-likeness (QED) is 0.600. The van der Waals surface area contributed by atoms with E-state index in [0.717, 1.165) is 11.1 Å². The van der Waals surface area contributed by atoms with Crippen molar-refractivity contribution in [2.75, 3.05) is 18.2 Å². The summed E-state index contributed by atoms with van der Waals surface area (Å²) in [4.78, 5) is 23.7. The van der Waals surface area contributed by atoms with Gasteiger partial charge in [-0.15, -0.1) is 0 Å². The Morgan fingerprint density at radius 3 is 2.29 bits per heavy atom. The van der Waals surface area contributed by atoms with E-state index in [-0.39, 0.29) is 24.2 Å². The van der Waals surface area contributed by atoms with E-state index in [9.17, 15) is 9.59 Å². The summed E-state index contributed by atoms with van der Waals surface area (Å²) in [5, 5.41) is 2.90. The van der Waals surface area contributed by atoms with Gasteiger partial charge in [-0.2, -0.15) is 12.6 Å². The third kappa shape index (κ3) is 5.42. The van der Waals surface area contributed by atoms with E-state index in [2.05, 4.69) is 22.7 Å². The third-order valence-electron chi connectivity index (χ3n) is 3.71. The van der Waals surface area contributed by atoms with Crippen LogP contribution in [0.1, 0.15) is 11.1 Å². The molecule has 4 nitrogen and oxygen atoms in total. The van der Waals surface area contributed by atoms with Crippen LogP contribution in [0.25, 0.3) is 0 Å². The van der Waals surface area contributed by atoms with Crippen molar-refractivity contribution in [3.63, 3.8) is 0 Å². The van der Waals surface area contributed by atoms with Crippen LogP contribution in [-0.2, 0) is 27.2 Å². The Labute approximate surface area is 147 Å². The van der Waals surface area contributed by atoms with Gasteiger partial charge in [0.15, 0.2) is 0 Å². The van der Waals surface area contributed by atoms with E-state index in [1.54, 1.807) is 24.3 Å². The standard InChI is InChI=1S/C19H21NO3S/c1-23-18(21)12-15-7-9-17(10-8-15)20-19(22)16(13-24)11-14-5-3-2-4-6-14/h2-10,16,24H,11-13H2,1H3,(H,20,22). The Balaban J connectivity index is 1.95. The molecular weight excluding hydrogens is 322 g/mol. The minimum Gasteiger partial charge on any atom is -0.469 e. The number of anilines is 1. The Morgan fingerprint density at radius 1 is 1.04 bits per heavy atom. The zero-order valence-corrected chi connectivity index (χ0v) is 14.5. The fraction of sp³-hybridized carbons (Fsp3) is 0.263. The molecule has 0 radical (unpaired) electrons. The monoisotopic (exact) mass is 343 g/mol. The number of amides is 1. The normalized spacial score (nSPS) is 11.6. The zero-order valence-electron chi connectivity index (χ0n) is 13.6. The largest absolute Gasteiger partial charge is 0.469 e. The number of carbonyl (C=O) groups excluding carboxylic acids is 2. The average molecular weight is 343 g/mol. The molecular formula is C19H21NO3S. The minimum absolute atomic E-state index is 0.0606. The third-order valence-corrected chi connectivity index (χ3v) is 4.15. The van der Waals surface area contributed by atoms with Gasteiger partial charge in [0.1, 0.15) is 0 Å². The van der Waals surface area contributed by atoms with E-state index in [1.807, 2.05) is 30.3 Å². The molecule has 5 heteroatoms. The van der Waals surface area contributed by atoms with Gasteiger partial charge < -0.3 is 10.1 Å². The number of rotatable bonds is 7. The van der Waals surface area contributed by atoms with E-state index in [1.165, 1.54) is 7.11 Å². The molecule has 1 N–H and O–H groups in total. The highest BCUT2D eigenvalue weighted by Gasteiger charge is 2.17. The lowest BCUT2D eigenvalue weighted by Gasteiger charge is -2.15. The summed E-state index contributed by atoms with van der Waals surface area (Å²) in [5.41, 5.74) is 2.66. The molecule has 0 aromatic heterocycles. The lowest BCUT2D eigenvalue weighted by Crippen LogP contribution is -2.26. The minimum atomic E-state index is -0.287. The number of hydrogen-bond acceptors (Lipinski definition) is 4. The summed E-state index contributed by atoms with van der Waals surface area (Å²) >= 11 is 4.30. The number of benzene rings is 2. The molecule has 0 heterocycles. The smallest absolute Gasteiger partial charge is 0.309 e. The molecule has 0 aliphatic rings. The topological polar surface area (TPSA) is 55.4 Å². The number of methoxy groups -OCH3 is 1. The molecule has 0 bridgehead atoms. The first-order chi connectivity index (χ1) is 11.6. The van der Waals surface area contributed by atoms with Crippen LogP contribution in [-0.4, -0.2) is 24.7 Å². The highest BCUT2D eigenvalue weighted by atomic mass is 32.1. The molecule has 2 aromatic rings. The van der Waals surface area contributed by atoms with Crippen molar-refractivity contribution in [2.45, 2.75) is 12.8 Å². The summed E-state index contributed by atoms with van der Waals surface area (Å²) in [6, 6.07) is 17.1. The zero-order chi connectivity index (χ0) is 17.4. The molecule has 0 saturated heterocycles. The van der Waals surface area contributed by atoms with Crippen LogP contribution in [0.3, 0.4) is 0 Å². The van der Waals surface area contributed by atoms with Crippen molar-refractivity contribution in [3.8, 4) is 0 Å². The lowest BCUT2D eigenvalue weighted by atomic mass is 10.00. The summed E-state index contributed by atoms with van der Waals surface area (Å²) in [5.74, 6) is -0.0777. The second kappa shape index (κ2) is 9.13. The predicted molar refractivity (Wildman–Crippen MR) is 98.3 cm³/mol. The van der Waals surface area contributed by atoms with Crippen molar-refractivity contribution in [1.82, 2.24) is 0 Å². The van der Waals surface area contributed by atoms with Crippen molar-refractivity contribution in [1.29, 1.82) is 0 Å². The second-order valence-electron chi connectivity index (χ2n) is 5.51. The van der Waals surface area contributed by atoms with Crippen LogP contribution >= 0.6 is 12.6 Å². The number of nitrogens with one attached hydrogen (secondary N) is 1. The van der Waals surface area contributed by atoms with Gasteiger partial charge in [-0.25, -0.2) is 0 Å². The van der Waals surface area contributed by atoms with Crippen LogP contribution in [0, 0.1) is 5.92 Å². The maximum atomic E-state index is 12.4. The fourth-order valence-electron chi connectivity index (χ4n) is 2.33. The van der Waals surface area contributed by atoms with Crippen molar-refractivity contribution >= 4 is 30.2 Å². The molecule has 2 aromatic carbocycles. The highest BCUT2D eigenvalue weighted by molar-refractivity contribution is 7.80. The highest BCUT2D eigenvalue weighted by Crippen LogP contribution is 2.15. The molecule has 1 amide bonds. The number of carbonyl (C=O) groups is 2. The number of thiol groups is 1. The molecule has 126 valence electrons. The average Bonchev–Trinajstić information content (AvgIpc) is 2.62. The molecule has 0 spiro atoms. The van der Waals surface area contributed by atoms with Crippen molar-refractivity contribution in [2.24, 2.45) is 5.92 Å². The number of esters is 1. The van der Waals surface area contributed by atoms with E-state index >= 15 is 0 Å². The van der Waals surface area contributed by atoms with Gasteiger partial charge in [0, 0.05) is 11.4 Å². The molecule has 0 aliphatic carbocycles. The Kier molecular flexibility index (Phi) is 6.88. The lowest BCUT2D eigenvalue weighted by molar-refractivity contribution is -0.139. The Bertz CT molecular complexity index is 671. The summed E-state index contributed by atoms with van der Waals surface area (Å²) in [6.45, 7) is 0. The SMILES string of the molecule is COC(=O)Cc1ccc(NC(=O)C(CS)Cc2ccccc2)cc1. The molecule has 2 rings (SSSR count). The summed E-state index contributed by atoms with van der Waals surface area (Å²) < 4.78 is 4.63. The van der Waals surface area contributed by atoms with Crippen LogP contribution < -0.4 is 5.32 Å². The van der Waals surface area contributed by atoms with Gasteiger partial charge in [0.25, 0.3) is 0 Å². The molecule has 0 aliphatic heterocycles. The van der Waals surface area contributed by atoms with Crippen LogP contribution in [0.4, 0.5) is 5.69 Å². The van der Waals surface area contributed by atoms with E-state index < -0.39 is 0 Å². The van der Waals surface area contributed by atoms with E-state index in [4.69, 9.17) is 0 Å². The maximum absolute atomic E-state index is 12.4. The van der Waals surface area contributed by atoms with Gasteiger partial charge in [-0.1, -0.05) is 42.5 Å². The first-order valence-electron chi connectivity index (χ1n) is 7.73. The van der Waals surface area contributed by atoms with Crippen LogP contribution in [0.2, 0.25) is 0 Å². The van der Waals surface area contributed by atoms with Gasteiger partial charge >= 0.3 is 5.97 Å². The van der Waals surface area contributed by atoms with Gasteiger partial charge in [-0.3, -0.25) is 9.59 Å². The number of hydrogen-bond donors (Lipinski definition) is 2. The van der Waals surface area contributed by atoms with E-state index in [0.29, 0.717) is 17.9 Å². The summed E-state index contributed by atoms with van der Waals surface area (Å²) in [6.07, 6.45) is 0.870. The first-order valence-corrected chi connectivity index (χ1v) is 8.37. The molecule has 0 saturated carbocycles. The van der Waals surface area contributed by atoms with Gasteiger partial charge in [-0.05, 0) is 29.7 Å². The summed E-state index contributed by atoms with van der Waals surface area (Å²) in [7, 11) is 1.36. The molecule has 1 atom stereocenters. The predicted octanol–water partition coefficient (Wildman–Crippen LogP) is 3.13. The molecule has 0 fully saturated rings.